The summed E-state index contributed by atoms with van der Waals surface area (Å²) < 4.78 is 4.71. The Morgan fingerprint density at radius 1 is 1.25 bits per heavy atom. The summed E-state index contributed by atoms with van der Waals surface area (Å²) in [5.41, 5.74) is 9.14. The van der Waals surface area contributed by atoms with Crippen LogP contribution in [0.15, 0.2) is 40.3 Å². The molecule has 0 spiro atoms. The molecule has 104 valence electrons. The quantitative estimate of drug-likeness (QED) is 0.694. The van der Waals surface area contributed by atoms with Gasteiger partial charge in [0.1, 0.15) is 5.03 Å². The predicted molar refractivity (Wildman–Crippen MR) is 80.0 cm³/mol. The molecule has 1 aromatic heterocycles. The third-order valence-corrected chi connectivity index (χ3v) is 3.72. The first-order chi connectivity index (χ1) is 9.49. The number of pyridine rings is 1. The molecule has 2 rings (SSSR count). The van der Waals surface area contributed by atoms with Crippen LogP contribution >= 0.6 is 11.8 Å². The highest BCUT2D eigenvalue weighted by Gasteiger charge is 2.10. The summed E-state index contributed by atoms with van der Waals surface area (Å²) in [7, 11) is 1.36. The van der Waals surface area contributed by atoms with Crippen LogP contribution in [0.3, 0.4) is 0 Å². The van der Waals surface area contributed by atoms with Crippen molar-refractivity contribution < 1.29 is 9.53 Å². The molecule has 2 aromatic rings. The van der Waals surface area contributed by atoms with E-state index in [0.29, 0.717) is 11.3 Å². The fourth-order valence-electron chi connectivity index (χ4n) is 1.84. The number of aryl methyl sites for hydroxylation is 2. The van der Waals surface area contributed by atoms with Crippen molar-refractivity contribution in [1.29, 1.82) is 0 Å². The van der Waals surface area contributed by atoms with Crippen molar-refractivity contribution in [2.45, 2.75) is 23.8 Å². The zero-order valence-electron chi connectivity index (χ0n) is 11.6. The van der Waals surface area contributed by atoms with Crippen molar-refractivity contribution in [2.24, 2.45) is 0 Å². The molecule has 0 unspecified atom stereocenters. The maximum Gasteiger partial charge on any atom is 0.337 e. The molecular weight excluding hydrogens is 272 g/mol. The monoisotopic (exact) mass is 288 g/mol. The van der Waals surface area contributed by atoms with Crippen molar-refractivity contribution in [3.05, 3.63) is 47.2 Å². The molecule has 0 radical (unpaired) electrons. The molecule has 1 heterocycles. The fraction of sp³-hybridized carbons (Fsp3) is 0.200. The molecule has 5 heteroatoms. The topological polar surface area (TPSA) is 65.2 Å². The molecule has 0 amide bonds. The van der Waals surface area contributed by atoms with E-state index in [0.717, 1.165) is 21.2 Å². The van der Waals surface area contributed by atoms with Crippen molar-refractivity contribution in [1.82, 2.24) is 4.98 Å². The van der Waals surface area contributed by atoms with Gasteiger partial charge in [0.2, 0.25) is 0 Å². The van der Waals surface area contributed by atoms with Crippen LogP contribution in [0.5, 0.6) is 0 Å². The number of nitrogens with zero attached hydrogens (tertiary/aromatic N) is 1. The molecule has 0 fully saturated rings. The number of nitrogens with two attached hydrogens (primary N) is 1. The first-order valence-corrected chi connectivity index (χ1v) is 6.92. The van der Waals surface area contributed by atoms with Crippen LogP contribution in [-0.4, -0.2) is 18.1 Å². The average Bonchev–Trinajstić information content (AvgIpc) is 2.39. The number of anilines is 1. The smallest absolute Gasteiger partial charge is 0.337 e. The van der Waals surface area contributed by atoms with Crippen molar-refractivity contribution >= 4 is 23.4 Å². The van der Waals surface area contributed by atoms with Gasteiger partial charge in [-0.15, -0.1) is 0 Å². The minimum Gasteiger partial charge on any atom is -0.465 e. The minimum absolute atomic E-state index is 0.375. The lowest BCUT2D eigenvalue weighted by atomic mass is 10.2. The number of aromatic nitrogens is 1. The lowest BCUT2D eigenvalue weighted by molar-refractivity contribution is 0.0600. The third-order valence-electron chi connectivity index (χ3n) is 2.72. The number of hydrogen-bond acceptors (Lipinski definition) is 5. The van der Waals surface area contributed by atoms with E-state index >= 15 is 0 Å². The Kier molecular flexibility index (Phi) is 4.29. The van der Waals surface area contributed by atoms with E-state index in [9.17, 15) is 4.79 Å². The van der Waals surface area contributed by atoms with E-state index in [1.807, 2.05) is 26.0 Å². The molecule has 0 bridgehead atoms. The normalized spacial score (nSPS) is 10.3. The number of ether oxygens (including phenoxy) is 1. The van der Waals surface area contributed by atoms with Gasteiger partial charge in [0.15, 0.2) is 0 Å². The summed E-state index contributed by atoms with van der Waals surface area (Å²) in [6.45, 7) is 3.97. The molecule has 0 aliphatic heterocycles. The fourth-order valence-corrected chi connectivity index (χ4v) is 2.87. The van der Waals surface area contributed by atoms with Gasteiger partial charge in [-0.25, -0.2) is 9.78 Å². The van der Waals surface area contributed by atoms with Crippen LogP contribution in [0, 0.1) is 13.8 Å². The van der Waals surface area contributed by atoms with E-state index < -0.39 is 0 Å². The SMILES string of the molecule is COC(=O)c1ccc(N)c(Sc2cc(C)cc(C)n2)c1. The second kappa shape index (κ2) is 5.96. The number of rotatable bonds is 3. The molecule has 0 saturated carbocycles. The summed E-state index contributed by atoms with van der Waals surface area (Å²) in [6, 6.07) is 9.09. The van der Waals surface area contributed by atoms with Gasteiger partial charge in [-0.05, 0) is 49.7 Å². The van der Waals surface area contributed by atoms with Gasteiger partial charge in [0, 0.05) is 16.3 Å². The van der Waals surface area contributed by atoms with Gasteiger partial charge in [0.05, 0.1) is 12.7 Å². The van der Waals surface area contributed by atoms with Crippen LogP contribution in [0.25, 0.3) is 0 Å². The van der Waals surface area contributed by atoms with E-state index in [-0.39, 0.29) is 5.97 Å². The van der Waals surface area contributed by atoms with E-state index in [4.69, 9.17) is 10.5 Å². The molecule has 2 N–H and O–H groups in total. The number of benzene rings is 1. The van der Waals surface area contributed by atoms with Crippen LogP contribution in [0.1, 0.15) is 21.6 Å². The first-order valence-electron chi connectivity index (χ1n) is 6.10. The second-order valence-corrected chi connectivity index (χ2v) is 5.53. The van der Waals surface area contributed by atoms with Gasteiger partial charge in [-0.1, -0.05) is 11.8 Å². The van der Waals surface area contributed by atoms with Crippen molar-refractivity contribution in [2.75, 3.05) is 12.8 Å². The number of carbonyl (C=O) groups is 1. The zero-order chi connectivity index (χ0) is 14.7. The number of nitrogen functional groups attached to an aromatic ring is 1. The molecule has 1 aromatic carbocycles. The highest BCUT2D eigenvalue weighted by atomic mass is 32.2. The lowest BCUT2D eigenvalue weighted by Crippen LogP contribution is -2.02. The van der Waals surface area contributed by atoms with E-state index in [2.05, 4.69) is 4.98 Å². The Morgan fingerprint density at radius 2 is 2.00 bits per heavy atom. The average molecular weight is 288 g/mol. The van der Waals surface area contributed by atoms with Crippen LogP contribution in [-0.2, 0) is 4.74 Å². The summed E-state index contributed by atoms with van der Waals surface area (Å²) in [4.78, 5) is 16.8. The molecular formula is C15H16N2O2S. The standard InChI is InChI=1S/C15H16N2O2S/c1-9-6-10(2)17-14(7-9)20-13-8-11(15(18)19-3)4-5-12(13)16/h4-8H,16H2,1-3H3. The Labute approximate surface area is 122 Å². The summed E-state index contributed by atoms with van der Waals surface area (Å²) in [5, 5.41) is 0.858. The summed E-state index contributed by atoms with van der Waals surface area (Å²) in [5.74, 6) is -0.375. The minimum atomic E-state index is -0.375. The van der Waals surface area contributed by atoms with Gasteiger partial charge < -0.3 is 10.5 Å². The number of methoxy groups -OCH3 is 1. The molecule has 0 aliphatic rings. The Hall–Kier alpha value is -2.01. The molecule has 20 heavy (non-hydrogen) atoms. The van der Waals surface area contributed by atoms with Gasteiger partial charge in [0.25, 0.3) is 0 Å². The molecule has 0 aliphatic carbocycles. The van der Waals surface area contributed by atoms with Crippen LogP contribution in [0.4, 0.5) is 5.69 Å². The predicted octanol–water partition coefficient (Wildman–Crippen LogP) is 3.22. The van der Waals surface area contributed by atoms with Gasteiger partial charge in [-0.2, -0.15) is 0 Å². The molecule has 4 nitrogen and oxygen atoms in total. The molecule has 0 saturated heterocycles. The largest absolute Gasteiger partial charge is 0.465 e. The second-order valence-electron chi connectivity index (χ2n) is 4.47. The Morgan fingerprint density at radius 3 is 2.65 bits per heavy atom. The Balaban J connectivity index is 2.34. The van der Waals surface area contributed by atoms with Gasteiger partial charge in [-0.3, -0.25) is 0 Å². The first kappa shape index (κ1) is 14.4. The lowest BCUT2D eigenvalue weighted by Gasteiger charge is -2.08. The van der Waals surface area contributed by atoms with E-state index in [1.54, 1.807) is 18.2 Å². The third kappa shape index (κ3) is 3.30. The van der Waals surface area contributed by atoms with Crippen LogP contribution < -0.4 is 5.73 Å². The Bertz CT molecular complexity index is 636. The summed E-state index contributed by atoms with van der Waals surface area (Å²) >= 11 is 1.44. The highest BCUT2D eigenvalue weighted by molar-refractivity contribution is 7.99. The summed E-state index contributed by atoms with van der Waals surface area (Å²) in [6.07, 6.45) is 0. The zero-order valence-corrected chi connectivity index (χ0v) is 12.5. The van der Waals surface area contributed by atoms with Crippen molar-refractivity contribution in [3.63, 3.8) is 0 Å². The number of esters is 1. The maximum absolute atomic E-state index is 11.5. The van der Waals surface area contributed by atoms with Gasteiger partial charge >= 0.3 is 5.97 Å². The van der Waals surface area contributed by atoms with Crippen LogP contribution in [0.2, 0.25) is 0 Å². The molecule has 0 atom stereocenters. The maximum atomic E-state index is 11.5. The van der Waals surface area contributed by atoms with E-state index in [1.165, 1.54) is 18.9 Å². The number of carbonyl (C=O) groups excluding carboxylic acids is 1. The van der Waals surface area contributed by atoms with Crippen molar-refractivity contribution in [3.8, 4) is 0 Å². The number of hydrogen-bond donors (Lipinski definition) is 1. The highest BCUT2D eigenvalue weighted by Crippen LogP contribution is 2.32.